The number of amides is 3. The number of carbonyl (C=O) groups excluding carboxylic acids is 3. The smallest absolute Gasteiger partial charge is 0.247 e. The van der Waals surface area contributed by atoms with E-state index in [-0.39, 0.29) is 24.3 Å². The van der Waals surface area contributed by atoms with Crippen molar-refractivity contribution in [1.82, 2.24) is 15.2 Å². The molecule has 7 N–H and O–H groups in total. The summed E-state index contributed by atoms with van der Waals surface area (Å²) in [6, 6.07) is -1.10. The molecule has 27 heavy (non-hydrogen) atoms. The maximum Gasteiger partial charge on any atom is 0.247 e. The number of nitrogens with zero attached hydrogens (tertiary/aromatic N) is 2. The van der Waals surface area contributed by atoms with Gasteiger partial charge in [-0.2, -0.15) is 0 Å². The molecule has 3 amide bonds. The van der Waals surface area contributed by atoms with Gasteiger partial charge in [-0.15, -0.1) is 0 Å². The summed E-state index contributed by atoms with van der Waals surface area (Å²) in [7, 11) is 0. The van der Waals surface area contributed by atoms with Crippen molar-refractivity contribution < 1.29 is 14.4 Å². The van der Waals surface area contributed by atoms with Crippen molar-refractivity contribution in [3.05, 3.63) is 11.9 Å². The zero-order valence-electron chi connectivity index (χ0n) is 15.6. The first-order valence-electron chi connectivity index (χ1n) is 9.75. The fourth-order valence-corrected chi connectivity index (χ4v) is 3.87. The van der Waals surface area contributed by atoms with E-state index >= 15 is 0 Å². The molecule has 3 rings (SSSR count). The predicted molar refractivity (Wildman–Crippen MR) is 99.1 cm³/mol. The number of nitrogens with one attached hydrogen (secondary N) is 1. The number of hydrazine groups is 1. The SMILES string of the molecule is NC(=O)CNC(=O)C1CCCN1C(=O)C(C1CCC1)N(N)/C=C(\N)C1CC1. The summed E-state index contributed by atoms with van der Waals surface area (Å²) in [6.45, 7) is 0.277. The van der Waals surface area contributed by atoms with E-state index in [2.05, 4.69) is 5.32 Å². The Bertz CT molecular complexity index is 629. The van der Waals surface area contributed by atoms with E-state index in [0.717, 1.165) is 38.5 Å². The van der Waals surface area contributed by atoms with Gasteiger partial charge in [0.15, 0.2) is 0 Å². The second-order valence-corrected chi connectivity index (χ2v) is 7.86. The molecule has 0 aromatic carbocycles. The van der Waals surface area contributed by atoms with Gasteiger partial charge in [-0.3, -0.25) is 14.4 Å². The molecule has 3 fully saturated rings. The summed E-state index contributed by atoms with van der Waals surface area (Å²) in [6.07, 6.45) is 8.07. The number of nitrogens with two attached hydrogens (primary N) is 3. The van der Waals surface area contributed by atoms with Gasteiger partial charge in [0.1, 0.15) is 12.1 Å². The van der Waals surface area contributed by atoms with Crippen LogP contribution in [-0.2, 0) is 14.4 Å². The average Bonchev–Trinajstić information content (AvgIpc) is 3.32. The number of hydrogen-bond donors (Lipinski definition) is 4. The largest absolute Gasteiger partial charge is 0.401 e. The van der Waals surface area contributed by atoms with Crippen LogP contribution in [0.15, 0.2) is 11.9 Å². The number of likely N-dealkylation sites (tertiary alicyclic amines) is 1. The van der Waals surface area contributed by atoms with Gasteiger partial charge in [-0.1, -0.05) is 6.42 Å². The van der Waals surface area contributed by atoms with E-state index < -0.39 is 18.0 Å². The molecule has 9 heteroatoms. The molecule has 150 valence electrons. The Balaban J connectivity index is 1.71. The Morgan fingerprint density at radius 2 is 1.81 bits per heavy atom. The predicted octanol–water partition coefficient (Wildman–Crippen LogP) is -0.867. The minimum absolute atomic E-state index is 0.140. The summed E-state index contributed by atoms with van der Waals surface area (Å²) in [5, 5.41) is 3.96. The van der Waals surface area contributed by atoms with Crippen LogP contribution < -0.4 is 22.6 Å². The number of primary amides is 1. The van der Waals surface area contributed by atoms with E-state index in [9.17, 15) is 14.4 Å². The van der Waals surface area contributed by atoms with Crippen LogP contribution in [0.3, 0.4) is 0 Å². The second kappa shape index (κ2) is 8.16. The third-order valence-corrected chi connectivity index (χ3v) is 5.79. The topological polar surface area (TPSA) is 148 Å². The van der Waals surface area contributed by atoms with E-state index in [0.29, 0.717) is 24.6 Å². The van der Waals surface area contributed by atoms with Gasteiger partial charge in [-0.05, 0) is 44.4 Å². The Morgan fingerprint density at radius 1 is 1.11 bits per heavy atom. The zero-order valence-corrected chi connectivity index (χ0v) is 15.6. The first kappa shape index (κ1) is 19.5. The van der Waals surface area contributed by atoms with Crippen molar-refractivity contribution in [2.75, 3.05) is 13.1 Å². The third kappa shape index (κ3) is 4.52. The molecule has 1 heterocycles. The van der Waals surface area contributed by atoms with Crippen molar-refractivity contribution in [3.8, 4) is 0 Å². The Morgan fingerprint density at radius 3 is 2.37 bits per heavy atom. The summed E-state index contributed by atoms with van der Waals surface area (Å²) in [5.41, 5.74) is 11.9. The lowest BCUT2D eigenvalue weighted by atomic mass is 9.79. The van der Waals surface area contributed by atoms with E-state index in [4.69, 9.17) is 17.3 Å². The van der Waals surface area contributed by atoms with Gasteiger partial charge in [0.2, 0.25) is 17.7 Å². The Kier molecular flexibility index (Phi) is 5.88. The lowest BCUT2D eigenvalue weighted by molar-refractivity contribution is -0.144. The molecule has 0 bridgehead atoms. The molecule has 2 atom stereocenters. The van der Waals surface area contributed by atoms with Gasteiger partial charge in [-0.25, -0.2) is 5.84 Å². The number of carbonyl (C=O) groups is 3. The first-order valence-corrected chi connectivity index (χ1v) is 9.75. The van der Waals surface area contributed by atoms with Crippen molar-refractivity contribution in [2.24, 2.45) is 29.1 Å². The van der Waals surface area contributed by atoms with Crippen LogP contribution in [0.2, 0.25) is 0 Å². The lowest BCUT2D eigenvalue weighted by Gasteiger charge is -2.40. The highest BCUT2D eigenvalue weighted by molar-refractivity contribution is 5.92. The van der Waals surface area contributed by atoms with Crippen LogP contribution in [-0.4, -0.2) is 52.8 Å². The van der Waals surface area contributed by atoms with Gasteiger partial charge < -0.3 is 26.7 Å². The van der Waals surface area contributed by atoms with Crippen molar-refractivity contribution >= 4 is 17.7 Å². The molecule has 1 aliphatic heterocycles. The van der Waals surface area contributed by atoms with Crippen molar-refractivity contribution in [3.63, 3.8) is 0 Å². The van der Waals surface area contributed by atoms with Crippen LogP contribution in [0.1, 0.15) is 44.9 Å². The first-order chi connectivity index (χ1) is 12.9. The maximum absolute atomic E-state index is 13.3. The number of rotatable bonds is 8. The van der Waals surface area contributed by atoms with Gasteiger partial charge in [0, 0.05) is 24.4 Å². The van der Waals surface area contributed by atoms with Crippen molar-refractivity contribution in [1.29, 1.82) is 0 Å². The molecule has 3 aliphatic rings. The Labute approximate surface area is 159 Å². The normalized spacial score (nSPS) is 24.3. The highest BCUT2D eigenvalue weighted by Crippen LogP contribution is 2.36. The van der Waals surface area contributed by atoms with E-state index in [1.54, 1.807) is 11.1 Å². The van der Waals surface area contributed by atoms with Crippen LogP contribution in [0, 0.1) is 11.8 Å². The number of allylic oxidation sites excluding steroid dienone is 1. The molecule has 9 nitrogen and oxygen atoms in total. The molecular formula is C18H30N6O3. The monoisotopic (exact) mass is 378 g/mol. The maximum atomic E-state index is 13.3. The fourth-order valence-electron chi connectivity index (χ4n) is 3.87. The second-order valence-electron chi connectivity index (χ2n) is 7.86. The summed E-state index contributed by atoms with van der Waals surface area (Å²) >= 11 is 0. The molecule has 0 radical (unpaired) electrons. The highest BCUT2D eigenvalue weighted by atomic mass is 16.2. The van der Waals surface area contributed by atoms with Crippen molar-refractivity contribution in [2.45, 2.75) is 57.0 Å². The van der Waals surface area contributed by atoms with Crippen LogP contribution in [0.25, 0.3) is 0 Å². The van der Waals surface area contributed by atoms with Crippen LogP contribution in [0.4, 0.5) is 0 Å². The molecule has 0 spiro atoms. The molecule has 0 aromatic heterocycles. The van der Waals surface area contributed by atoms with Crippen LogP contribution >= 0.6 is 0 Å². The molecule has 1 saturated heterocycles. The fraction of sp³-hybridized carbons (Fsp3) is 0.722. The Hall–Kier alpha value is -2.29. The quantitative estimate of drug-likeness (QED) is 0.319. The molecule has 2 aliphatic carbocycles. The molecule has 2 unspecified atom stereocenters. The van der Waals surface area contributed by atoms with E-state index in [1.165, 1.54) is 5.01 Å². The third-order valence-electron chi connectivity index (χ3n) is 5.79. The lowest BCUT2D eigenvalue weighted by Crippen LogP contribution is -2.57. The minimum atomic E-state index is -0.611. The zero-order chi connectivity index (χ0) is 19.6. The summed E-state index contributed by atoms with van der Waals surface area (Å²) < 4.78 is 0. The van der Waals surface area contributed by atoms with Gasteiger partial charge >= 0.3 is 0 Å². The van der Waals surface area contributed by atoms with E-state index in [1.807, 2.05) is 0 Å². The van der Waals surface area contributed by atoms with Gasteiger partial charge in [0.25, 0.3) is 0 Å². The highest BCUT2D eigenvalue weighted by Gasteiger charge is 2.43. The van der Waals surface area contributed by atoms with Crippen LogP contribution in [0.5, 0.6) is 0 Å². The van der Waals surface area contributed by atoms with Gasteiger partial charge in [0.05, 0.1) is 6.54 Å². The minimum Gasteiger partial charge on any atom is -0.401 e. The molecule has 2 saturated carbocycles. The summed E-state index contributed by atoms with van der Waals surface area (Å²) in [4.78, 5) is 38.2. The standard InChI is InChI=1S/C18H30N6O3/c19-13(11-6-7-11)10-24(21)16(12-3-1-4-12)18(27)23-8-2-5-14(23)17(26)22-9-15(20)25/h10-12,14,16H,1-9,19,21H2,(H2,20,25)(H,22,26)/b13-10-. The molecule has 0 aromatic rings. The molecular weight excluding hydrogens is 348 g/mol. The average molecular weight is 378 g/mol. The number of hydrogen-bond acceptors (Lipinski definition) is 6. The summed E-state index contributed by atoms with van der Waals surface area (Å²) in [5.74, 6) is 5.69.